The number of aromatic amines is 1. The molecular weight excluding hydrogens is 140 g/mol. The Labute approximate surface area is 63.3 Å². The molecular formula is C7H6N4. The lowest BCUT2D eigenvalue weighted by atomic mass is 10.3. The van der Waals surface area contributed by atoms with Crippen LogP contribution in [0, 0.1) is 0 Å². The van der Waals surface area contributed by atoms with Crippen LogP contribution in [0.1, 0.15) is 0 Å². The average Bonchev–Trinajstić information content (AvgIpc) is 2.58. The summed E-state index contributed by atoms with van der Waals surface area (Å²) in [5.74, 6) is 0. The molecule has 1 N–H and O–H groups in total. The summed E-state index contributed by atoms with van der Waals surface area (Å²) in [5.41, 5.74) is 1.70. The van der Waals surface area contributed by atoms with Crippen molar-refractivity contribution in [2.75, 3.05) is 0 Å². The molecule has 2 heterocycles. The van der Waals surface area contributed by atoms with Crippen LogP contribution < -0.4 is 0 Å². The molecule has 0 spiro atoms. The molecule has 0 fully saturated rings. The largest absolute Gasteiger partial charge is 0.276 e. The van der Waals surface area contributed by atoms with Crippen LogP contribution >= 0.6 is 0 Å². The Morgan fingerprint density at radius 2 is 2.18 bits per heavy atom. The van der Waals surface area contributed by atoms with Gasteiger partial charge in [0.2, 0.25) is 0 Å². The number of hydrogen-bond acceptors (Lipinski definition) is 3. The molecule has 2 aromatic rings. The molecule has 0 radical (unpaired) electrons. The third-order valence-corrected chi connectivity index (χ3v) is 1.34. The standard InChI is InChI=1S/C7H6N4/c1-2-10-11-6(1)7-5-8-3-4-9-7/h1-5H,(H,10,11). The van der Waals surface area contributed by atoms with E-state index in [1.54, 1.807) is 24.8 Å². The van der Waals surface area contributed by atoms with Crippen LogP contribution in [-0.4, -0.2) is 20.2 Å². The second-order valence-corrected chi connectivity index (χ2v) is 2.06. The first-order valence-electron chi connectivity index (χ1n) is 3.22. The Kier molecular flexibility index (Phi) is 1.37. The highest BCUT2D eigenvalue weighted by Crippen LogP contribution is 2.09. The van der Waals surface area contributed by atoms with E-state index in [1.807, 2.05) is 6.07 Å². The molecule has 0 aromatic carbocycles. The fourth-order valence-electron chi connectivity index (χ4n) is 0.837. The van der Waals surface area contributed by atoms with Gasteiger partial charge in [0.15, 0.2) is 0 Å². The van der Waals surface area contributed by atoms with Crippen molar-refractivity contribution < 1.29 is 0 Å². The summed E-state index contributed by atoms with van der Waals surface area (Å²) in [6.45, 7) is 0. The van der Waals surface area contributed by atoms with Gasteiger partial charge in [-0.2, -0.15) is 5.10 Å². The van der Waals surface area contributed by atoms with Crippen molar-refractivity contribution in [2.45, 2.75) is 0 Å². The molecule has 0 aliphatic carbocycles. The summed E-state index contributed by atoms with van der Waals surface area (Å²) in [7, 11) is 0. The van der Waals surface area contributed by atoms with E-state index in [4.69, 9.17) is 0 Å². The van der Waals surface area contributed by atoms with Crippen LogP contribution in [0.4, 0.5) is 0 Å². The van der Waals surface area contributed by atoms with Gasteiger partial charge in [-0.3, -0.25) is 15.1 Å². The molecule has 0 atom stereocenters. The maximum Gasteiger partial charge on any atom is 0.106 e. The van der Waals surface area contributed by atoms with Crippen molar-refractivity contribution in [1.29, 1.82) is 0 Å². The van der Waals surface area contributed by atoms with Crippen molar-refractivity contribution in [3.63, 3.8) is 0 Å². The lowest BCUT2D eigenvalue weighted by Gasteiger charge is -1.91. The average molecular weight is 146 g/mol. The SMILES string of the molecule is c1cnc(-c2ccn[nH]2)cn1. The monoisotopic (exact) mass is 146 g/mol. The second-order valence-electron chi connectivity index (χ2n) is 2.06. The fourth-order valence-corrected chi connectivity index (χ4v) is 0.837. The summed E-state index contributed by atoms with van der Waals surface area (Å²) in [4.78, 5) is 8.02. The first-order chi connectivity index (χ1) is 5.47. The Hall–Kier alpha value is -1.71. The highest BCUT2D eigenvalue weighted by atomic mass is 15.1. The fraction of sp³-hybridized carbons (Fsp3) is 0. The third kappa shape index (κ3) is 1.10. The molecule has 11 heavy (non-hydrogen) atoms. The van der Waals surface area contributed by atoms with E-state index >= 15 is 0 Å². The van der Waals surface area contributed by atoms with Crippen LogP contribution in [0.25, 0.3) is 11.4 Å². The summed E-state index contributed by atoms with van der Waals surface area (Å²) in [5, 5.41) is 6.61. The Bertz CT molecular complexity index is 313. The van der Waals surface area contributed by atoms with Gasteiger partial charge in [0.1, 0.15) is 5.69 Å². The summed E-state index contributed by atoms with van der Waals surface area (Å²) in [6.07, 6.45) is 6.66. The van der Waals surface area contributed by atoms with E-state index in [9.17, 15) is 0 Å². The van der Waals surface area contributed by atoms with Crippen molar-refractivity contribution >= 4 is 0 Å². The minimum atomic E-state index is 0.810. The highest BCUT2D eigenvalue weighted by molar-refractivity contribution is 5.50. The normalized spacial score (nSPS) is 9.82. The van der Waals surface area contributed by atoms with E-state index < -0.39 is 0 Å². The Balaban J connectivity index is 2.46. The molecule has 4 heteroatoms. The topological polar surface area (TPSA) is 54.5 Å². The molecule has 0 aliphatic rings. The molecule has 0 saturated heterocycles. The Morgan fingerprint density at radius 1 is 1.18 bits per heavy atom. The van der Waals surface area contributed by atoms with E-state index in [0.29, 0.717) is 0 Å². The van der Waals surface area contributed by atoms with E-state index in [2.05, 4.69) is 20.2 Å². The van der Waals surface area contributed by atoms with Crippen molar-refractivity contribution in [1.82, 2.24) is 20.2 Å². The number of nitrogens with one attached hydrogen (secondary N) is 1. The van der Waals surface area contributed by atoms with Gasteiger partial charge in [-0.05, 0) is 6.07 Å². The molecule has 0 bridgehead atoms. The maximum absolute atomic E-state index is 4.09. The number of hydrogen-bond donors (Lipinski definition) is 1. The van der Waals surface area contributed by atoms with Gasteiger partial charge in [-0.15, -0.1) is 0 Å². The predicted octanol–water partition coefficient (Wildman–Crippen LogP) is 0.867. The molecule has 2 rings (SSSR count). The molecule has 2 aromatic heterocycles. The molecule has 0 unspecified atom stereocenters. The van der Waals surface area contributed by atoms with Crippen LogP contribution in [0.3, 0.4) is 0 Å². The molecule has 0 amide bonds. The lowest BCUT2D eigenvalue weighted by Crippen LogP contribution is -1.83. The van der Waals surface area contributed by atoms with Crippen molar-refractivity contribution in [3.05, 3.63) is 30.9 Å². The third-order valence-electron chi connectivity index (χ3n) is 1.34. The van der Waals surface area contributed by atoms with Crippen molar-refractivity contribution in [2.24, 2.45) is 0 Å². The molecule has 0 aliphatic heterocycles. The van der Waals surface area contributed by atoms with Crippen LogP contribution in [0.5, 0.6) is 0 Å². The van der Waals surface area contributed by atoms with Crippen LogP contribution in [0.2, 0.25) is 0 Å². The molecule has 4 nitrogen and oxygen atoms in total. The first kappa shape index (κ1) is 6.03. The number of nitrogens with zero attached hydrogens (tertiary/aromatic N) is 3. The summed E-state index contributed by atoms with van der Waals surface area (Å²) >= 11 is 0. The van der Waals surface area contributed by atoms with E-state index in [-0.39, 0.29) is 0 Å². The van der Waals surface area contributed by atoms with Gasteiger partial charge in [-0.1, -0.05) is 0 Å². The van der Waals surface area contributed by atoms with E-state index in [1.165, 1.54) is 0 Å². The van der Waals surface area contributed by atoms with Gasteiger partial charge in [0.05, 0.1) is 11.9 Å². The van der Waals surface area contributed by atoms with Gasteiger partial charge in [-0.25, -0.2) is 0 Å². The predicted molar refractivity (Wildman–Crippen MR) is 39.6 cm³/mol. The summed E-state index contributed by atoms with van der Waals surface area (Å²) in [6, 6.07) is 1.85. The number of H-pyrrole nitrogens is 1. The summed E-state index contributed by atoms with van der Waals surface area (Å²) < 4.78 is 0. The van der Waals surface area contributed by atoms with Crippen LogP contribution in [0.15, 0.2) is 30.9 Å². The maximum atomic E-state index is 4.09. The second kappa shape index (κ2) is 2.49. The zero-order valence-electron chi connectivity index (χ0n) is 5.73. The van der Waals surface area contributed by atoms with E-state index in [0.717, 1.165) is 11.4 Å². The van der Waals surface area contributed by atoms with Gasteiger partial charge in [0.25, 0.3) is 0 Å². The lowest BCUT2D eigenvalue weighted by molar-refractivity contribution is 1.08. The van der Waals surface area contributed by atoms with Crippen LogP contribution in [-0.2, 0) is 0 Å². The highest BCUT2D eigenvalue weighted by Gasteiger charge is 1.96. The van der Waals surface area contributed by atoms with Gasteiger partial charge < -0.3 is 0 Å². The smallest absolute Gasteiger partial charge is 0.106 e. The van der Waals surface area contributed by atoms with Gasteiger partial charge >= 0.3 is 0 Å². The van der Waals surface area contributed by atoms with Gasteiger partial charge in [0, 0.05) is 18.6 Å². The zero-order chi connectivity index (χ0) is 7.52. The number of aromatic nitrogens is 4. The number of rotatable bonds is 1. The zero-order valence-corrected chi connectivity index (χ0v) is 5.73. The first-order valence-corrected chi connectivity index (χ1v) is 3.22. The Morgan fingerprint density at radius 3 is 2.82 bits per heavy atom. The minimum absolute atomic E-state index is 0.810. The molecule has 54 valence electrons. The van der Waals surface area contributed by atoms with Crippen molar-refractivity contribution in [3.8, 4) is 11.4 Å². The molecule has 0 saturated carbocycles. The quantitative estimate of drug-likeness (QED) is 0.649. The minimum Gasteiger partial charge on any atom is -0.276 e.